The maximum Gasteiger partial charge on any atom is 0.222 e. The van der Waals surface area contributed by atoms with Crippen LogP contribution in [0.3, 0.4) is 0 Å². The van der Waals surface area contributed by atoms with Gasteiger partial charge in [0.1, 0.15) is 0 Å². The van der Waals surface area contributed by atoms with Crippen molar-refractivity contribution in [1.29, 1.82) is 0 Å². The van der Waals surface area contributed by atoms with Crippen molar-refractivity contribution in [2.24, 2.45) is 11.1 Å². The Morgan fingerprint density at radius 1 is 1.50 bits per heavy atom. The highest BCUT2D eigenvalue weighted by Crippen LogP contribution is 2.23. The van der Waals surface area contributed by atoms with E-state index in [4.69, 9.17) is 5.73 Å². The number of nitrogens with one attached hydrogen (secondary N) is 1. The highest BCUT2D eigenvalue weighted by atomic mass is 32.1. The average Bonchev–Trinajstić information content (AvgIpc) is 2.77. The molecule has 3 N–H and O–H groups in total. The molecular weight excluding hydrogens is 244 g/mol. The number of hydrogen-bond acceptors (Lipinski definition) is 3. The molecule has 0 bridgehead atoms. The van der Waals surface area contributed by atoms with Crippen LogP contribution in [0.5, 0.6) is 0 Å². The predicted molar refractivity (Wildman–Crippen MR) is 77.5 cm³/mol. The third-order valence-electron chi connectivity index (χ3n) is 3.15. The third-order valence-corrected chi connectivity index (χ3v) is 4.13. The Balaban J connectivity index is 2.54. The molecule has 18 heavy (non-hydrogen) atoms. The van der Waals surface area contributed by atoms with Gasteiger partial charge in [-0.3, -0.25) is 4.79 Å². The van der Waals surface area contributed by atoms with Gasteiger partial charge < -0.3 is 11.1 Å². The minimum Gasteiger partial charge on any atom is -0.348 e. The normalized spacial score (nSPS) is 15.2. The number of amides is 1. The summed E-state index contributed by atoms with van der Waals surface area (Å²) in [5.74, 6) is 0.0395. The van der Waals surface area contributed by atoms with E-state index in [-0.39, 0.29) is 23.4 Å². The molecule has 0 aromatic carbocycles. The lowest BCUT2D eigenvalue weighted by molar-refractivity contribution is -0.122. The van der Waals surface area contributed by atoms with Crippen LogP contribution in [-0.4, -0.2) is 11.9 Å². The Hall–Kier alpha value is -0.870. The van der Waals surface area contributed by atoms with Crippen LogP contribution >= 0.6 is 11.3 Å². The maximum absolute atomic E-state index is 12.0. The van der Waals surface area contributed by atoms with E-state index in [2.05, 4.69) is 39.1 Å². The van der Waals surface area contributed by atoms with Gasteiger partial charge in [0.2, 0.25) is 5.91 Å². The van der Waals surface area contributed by atoms with Crippen LogP contribution < -0.4 is 11.1 Å². The molecule has 1 aromatic heterocycles. The summed E-state index contributed by atoms with van der Waals surface area (Å²) in [7, 11) is 0. The van der Waals surface area contributed by atoms with Gasteiger partial charge in [-0.25, -0.2) is 0 Å². The molecule has 2 unspecified atom stereocenters. The molecule has 102 valence electrons. The smallest absolute Gasteiger partial charge is 0.222 e. The van der Waals surface area contributed by atoms with Crippen molar-refractivity contribution < 1.29 is 4.79 Å². The zero-order chi connectivity index (χ0) is 13.8. The first kappa shape index (κ1) is 15.2. The number of thiophene rings is 1. The molecule has 4 heteroatoms. The number of rotatable bonds is 5. The summed E-state index contributed by atoms with van der Waals surface area (Å²) in [6.07, 6.45) is 1.28. The van der Waals surface area contributed by atoms with Crippen molar-refractivity contribution >= 4 is 17.2 Å². The summed E-state index contributed by atoms with van der Waals surface area (Å²) in [5.41, 5.74) is 5.99. The van der Waals surface area contributed by atoms with Crippen LogP contribution in [0, 0.1) is 5.41 Å². The van der Waals surface area contributed by atoms with Crippen molar-refractivity contribution in [3.05, 3.63) is 22.4 Å². The molecule has 0 aliphatic carbocycles. The molecule has 1 heterocycles. The first-order chi connectivity index (χ1) is 8.34. The molecule has 0 radical (unpaired) electrons. The molecule has 1 rings (SSSR count). The minimum atomic E-state index is -0.113. The standard InChI is InChI=1S/C14H24N2OS/c1-5-10(11-7-6-8-18-11)16-13(17)9-12(15)14(2,3)4/h6-8,10,12H,5,9,15H2,1-4H3,(H,16,17). The van der Waals surface area contributed by atoms with E-state index in [1.165, 1.54) is 4.88 Å². The summed E-state index contributed by atoms with van der Waals surface area (Å²) >= 11 is 1.68. The summed E-state index contributed by atoms with van der Waals surface area (Å²) in [5, 5.41) is 5.10. The first-order valence-electron chi connectivity index (χ1n) is 6.43. The quantitative estimate of drug-likeness (QED) is 0.862. The van der Waals surface area contributed by atoms with E-state index >= 15 is 0 Å². The second kappa shape index (κ2) is 6.34. The summed E-state index contributed by atoms with van der Waals surface area (Å²) < 4.78 is 0. The number of hydrogen-bond donors (Lipinski definition) is 2. The molecule has 0 aliphatic rings. The van der Waals surface area contributed by atoms with Gasteiger partial charge in [-0.05, 0) is 23.3 Å². The van der Waals surface area contributed by atoms with Gasteiger partial charge in [0, 0.05) is 17.3 Å². The van der Waals surface area contributed by atoms with Crippen LogP contribution in [0.4, 0.5) is 0 Å². The van der Waals surface area contributed by atoms with E-state index in [1.807, 2.05) is 11.4 Å². The molecule has 0 saturated heterocycles. The van der Waals surface area contributed by atoms with Gasteiger partial charge >= 0.3 is 0 Å². The number of carbonyl (C=O) groups is 1. The molecule has 0 spiro atoms. The Labute approximate surface area is 114 Å². The van der Waals surface area contributed by atoms with Gasteiger partial charge in [-0.15, -0.1) is 11.3 Å². The van der Waals surface area contributed by atoms with E-state index in [9.17, 15) is 4.79 Å². The SMILES string of the molecule is CCC(NC(=O)CC(N)C(C)(C)C)c1cccs1. The Bertz CT molecular complexity index is 368. The average molecular weight is 268 g/mol. The zero-order valence-corrected chi connectivity index (χ0v) is 12.5. The van der Waals surface area contributed by atoms with Crippen LogP contribution in [0.25, 0.3) is 0 Å². The predicted octanol–water partition coefficient (Wildman–Crippen LogP) is 3.08. The van der Waals surface area contributed by atoms with Crippen molar-refractivity contribution in [2.45, 2.75) is 52.6 Å². The minimum absolute atomic E-state index is 0.0395. The van der Waals surface area contributed by atoms with Crippen molar-refractivity contribution in [3.63, 3.8) is 0 Å². The Morgan fingerprint density at radius 2 is 2.17 bits per heavy atom. The largest absolute Gasteiger partial charge is 0.348 e. The van der Waals surface area contributed by atoms with E-state index in [0.29, 0.717) is 6.42 Å². The van der Waals surface area contributed by atoms with Crippen molar-refractivity contribution in [2.75, 3.05) is 0 Å². The van der Waals surface area contributed by atoms with Crippen LogP contribution in [0.15, 0.2) is 17.5 Å². The van der Waals surface area contributed by atoms with Gasteiger partial charge in [-0.1, -0.05) is 33.8 Å². The zero-order valence-electron chi connectivity index (χ0n) is 11.7. The van der Waals surface area contributed by atoms with Gasteiger partial charge in [0.15, 0.2) is 0 Å². The summed E-state index contributed by atoms with van der Waals surface area (Å²) in [6, 6.07) is 4.07. The number of carbonyl (C=O) groups excluding carboxylic acids is 1. The van der Waals surface area contributed by atoms with Gasteiger partial charge in [-0.2, -0.15) is 0 Å². The first-order valence-corrected chi connectivity index (χ1v) is 7.31. The summed E-state index contributed by atoms with van der Waals surface area (Å²) in [4.78, 5) is 13.2. The second-order valence-corrected chi connectivity index (χ2v) is 6.70. The topological polar surface area (TPSA) is 55.1 Å². The molecule has 1 aromatic rings. The van der Waals surface area contributed by atoms with Crippen molar-refractivity contribution in [3.8, 4) is 0 Å². The highest BCUT2D eigenvalue weighted by molar-refractivity contribution is 7.10. The van der Waals surface area contributed by atoms with Crippen LogP contribution in [0.2, 0.25) is 0 Å². The monoisotopic (exact) mass is 268 g/mol. The lowest BCUT2D eigenvalue weighted by Gasteiger charge is -2.27. The lowest BCUT2D eigenvalue weighted by atomic mass is 9.85. The lowest BCUT2D eigenvalue weighted by Crippen LogP contribution is -2.40. The number of nitrogens with two attached hydrogens (primary N) is 1. The Morgan fingerprint density at radius 3 is 2.61 bits per heavy atom. The Kier molecular flexibility index (Phi) is 5.35. The molecule has 0 fully saturated rings. The molecular formula is C14H24N2OS. The molecule has 0 aliphatic heterocycles. The fourth-order valence-corrected chi connectivity index (χ4v) is 2.48. The van der Waals surface area contributed by atoms with Crippen LogP contribution in [0.1, 0.15) is 51.5 Å². The maximum atomic E-state index is 12.0. The van der Waals surface area contributed by atoms with E-state index in [1.54, 1.807) is 11.3 Å². The molecule has 2 atom stereocenters. The van der Waals surface area contributed by atoms with Gasteiger partial charge in [0.05, 0.1) is 6.04 Å². The molecule has 0 saturated carbocycles. The third kappa shape index (κ3) is 4.42. The van der Waals surface area contributed by atoms with Gasteiger partial charge in [0.25, 0.3) is 0 Å². The van der Waals surface area contributed by atoms with E-state index < -0.39 is 0 Å². The second-order valence-electron chi connectivity index (χ2n) is 5.72. The van der Waals surface area contributed by atoms with Crippen molar-refractivity contribution in [1.82, 2.24) is 5.32 Å². The fraction of sp³-hybridized carbons (Fsp3) is 0.643. The van der Waals surface area contributed by atoms with Crippen LogP contribution in [-0.2, 0) is 4.79 Å². The highest BCUT2D eigenvalue weighted by Gasteiger charge is 2.24. The fourth-order valence-electron chi connectivity index (χ4n) is 1.62. The molecule has 3 nitrogen and oxygen atoms in total. The summed E-state index contributed by atoms with van der Waals surface area (Å²) in [6.45, 7) is 8.25. The molecule has 1 amide bonds. The van der Waals surface area contributed by atoms with E-state index in [0.717, 1.165) is 6.42 Å².